The van der Waals surface area contributed by atoms with Crippen LogP contribution in [0, 0.1) is 5.92 Å². The summed E-state index contributed by atoms with van der Waals surface area (Å²) < 4.78 is 2.78. The number of halogens is 2. The van der Waals surface area contributed by atoms with Crippen LogP contribution >= 0.6 is 17.0 Å². The zero-order valence-electron chi connectivity index (χ0n) is 30.4. The van der Waals surface area contributed by atoms with Crippen LogP contribution in [0.2, 0.25) is 9.26 Å². The standard InChI is InChI=1S/C22H25.C20H15.2CH3.2ClH.H3O2Si.Zr/c1-15(2)18-13-17-7-6-8-20(21(17)14-18)16-9-11-19(12-10-16)22(3,4)5;1-14-12-16-8-5-11-19(20(16)13-14)18-10-4-7-15-6-2-3-9-17(15)18;;;;;1-3-2;/h6-15H,1-5H3;2-13H,1H3;2*1H3;2*1H;1-3H;/q;;;;;;;+2/p-2. The number of benzene rings is 5. The van der Waals surface area contributed by atoms with Crippen LogP contribution in [0.5, 0.6) is 0 Å². The maximum atomic E-state index is 12.3. The van der Waals surface area contributed by atoms with Crippen molar-refractivity contribution in [2.24, 2.45) is 5.92 Å². The van der Waals surface area contributed by atoms with Gasteiger partial charge in [-0.3, -0.25) is 0 Å². The van der Waals surface area contributed by atoms with E-state index in [-0.39, 0.29) is 11.3 Å². The second kappa shape index (κ2) is 10.8. The second-order valence-electron chi connectivity index (χ2n) is 18.1. The summed E-state index contributed by atoms with van der Waals surface area (Å²) in [6.07, 6.45) is 0.580. The minimum absolute atomic E-state index is 0.0471. The Labute approximate surface area is 300 Å². The van der Waals surface area contributed by atoms with Gasteiger partial charge in [0.25, 0.3) is 0 Å². The summed E-state index contributed by atoms with van der Waals surface area (Å²) in [4.78, 5) is 24.6. The second-order valence-corrected chi connectivity index (χ2v) is 84.8. The number of hydrogen-bond donors (Lipinski definition) is 2. The quantitative estimate of drug-likeness (QED) is 0.168. The molecule has 2 atom stereocenters. The van der Waals surface area contributed by atoms with Crippen LogP contribution in [0.15, 0.2) is 114 Å². The minimum atomic E-state index is -6.99. The predicted octanol–water partition coefficient (Wildman–Crippen LogP) is 12.6. The molecule has 2 unspecified atom stereocenters. The molecule has 0 fully saturated rings. The molecular weight excluding hydrogens is 751 g/mol. The van der Waals surface area contributed by atoms with Crippen molar-refractivity contribution in [1.29, 1.82) is 0 Å². The van der Waals surface area contributed by atoms with E-state index in [4.69, 9.17) is 17.0 Å². The fourth-order valence-corrected chi connectivity index (χ4v) is 42.8. The van der Waals surface area contributed by atoms with Gasteiger partial charge in [-0.05, 0) is 0 Å². The van der Waals surface area contributed by atoms with E-state index in [1.807, 2.05) is 9.26 Å². The molecule has 5 aromatic carbocycles. The van der Waals surface area contributed by atoms with Crippen LogP contribution in [0.3, 0.4) is 0 Å². The van der Waals surface area contributed by atoms with Gasteiger partial charge in [-0.2, -0.15) is 0 Å². The molecular formula is C44H49Cl2O2SiZr. The summed E-state index contributed by atoms with van der Waals surface area (Å²) >= 11 is -6.99. The Kier molecular flexibility index (Phi) is 7.70. The van der Waals surface area contributed by atoms with Crippen molar-refractivity contribution in [2.45, 2.75) is 63.5 Å². The molecule has 0 amide bonds. The molecule has 7 rings (SSSR count). The average molecular weight is 800 g/mol. The molecule has 0 aromatic heterocycles. The van der Waals surface area contributed by atoms with Gasteiger partial charge in [-0.1, -0.05) is 0 Å². The molecule has 2 nitrogen and oxygen atoms in total. The first-order valence-corrected chi connectivity index (χ1v) is 37.8. The molecule has 5 aromatic rings. The monoisotopic (exact) mass is 797 g/mol. The van der Waals surface area contributed by atoms with Crippen molar-refractivity contribution < 1.29 is 22.2 Å². The van der Waals surface area contributed by atoms with Gasteiger partial charge in [0.1, 0.15) is 0 Å². The molecule has 0 saturated carbocycles. The Bertz CT molecular complexity index is 2290. The van der Waals surface area contributed by atoms with Crippen molar-refractivity contribution in [3.63, 3.8) is 0 Å². The topological polar surface area (TPSA) is 40.5 Å². The van der Waals surface area contributed by atoms with Gasteiger partial charge >= 0.3 is 302 Å². The Morgan fingerprint density at radius 3 is 1.82 bits per heavy atom. The summed E-state index contributed by atoms with van der Waals surface area (Å²) in [6, 6.07) is 36.4. The van der Waals surface area contributed by atoms with E-state index < -0.39 is 26.2 Å². The molecule has 6 heteroatoms. The summed E-state index contributed by atoms with van der Waals surface area (Å²) in [5, 5.41) is 2.34. The summed E-state index contributed by atoms with van der Waals surface area (Å²) in [5.41, 5.74) is 11.9. The molecule has 259 valence electrons. The molecule has 2 N–H and O–H groups in total. The van der Waals surface area contributed by atoms with Crippen LogP contribution < -0.4 is 0 Å². The molecule has 0 bridgehead atoms. The van der Waals surface area contributed by atoms with E-state index in [1.165, 1.54) is 16.3 Å². The summed E-state index contributed by atoms with van der Waals surface area (Å²) in [5.74, 6) is 0.0672. The number of rotatable bonds is 6. The first kappa shape index (κ1) is 35.8. The van der Waals surface area contributed by atoms with Crippen molar-refractivity contribution in [3.05, 3.63) is 142 Å². The average Bonchev–Trinajstić information content (AvgIpc) is 3.64. The van der Waals surface area contributed by atoms with E-state index >= 15 is 0 Å². The van der Waals surface area contributed by atoms with E-state index in [9.17, 15) is 9.59 Å². The third-order valence-electron chi connectivity index (χ3n) is 12.4. The summed E-state index contributed by atoms with van der Waals surface area (Å²) in [7, 11) is 17.3. The van der Waals surface area contributed by atoms with E-state index in [0.717, 1.165) is 55.7 Å². The number of fused-ring (bicyclic) bond motifs is 3. The molecule has 0 aliphatic heterocycles. The van der Waals surface area contributed by atoms with Gasteiger partial charge in [-0.15, -0.1) is 0 Å². The van der Waals surface area contributed by atoms with Crippen molar-refractivity contribution in [3.8, 4) is 22.3 Å². The number of allylic oxidation sites excluding steroid dienone is 2. The van der Waals surface area contributed by atoms with Crippen LogP contribution in [0.25, 0.3) is 45.2 Å². The number of hydrogen-bond acceptors (Lipinski definition) is 2. The Morgan fingerprint density at radius 2 is 1.20 bits per heavy atom. The first-order chi connectivity index (χ1) is 23.2. The van der Waals surface area contributed by atoms with Crippen molar-refractivity contribution in [1.82, 2.24) is 0 Å². The molecule has 50 heavy (non-hydrogen) atoms. The Balaban J connectivity index is 1.49. The van der Waals surface area contributed by atoms with Gasteiger partial charge in [0, 0.05) is 0 Å². The van der Waals surface area contributed by atoms with Crippen molar-refractivity contribution in [2.75, 3.05) is 0 Å². The van der Waals surface area contributed by atoms with E-state index in [2.05, 4.69) is 157 Å². The normalized spacial score (nSPS) is 19.8. The van der Waals surface area contributed by atoms with Gasteiger partial charge in [0.2, 0.25) is 0 Å². The third-order valence-corrected chi connectivity index (χ3v) is 60.0. The van der Waals surface area contributed by atoms with Gasteiger partial charge < -0.3 is 0 Å². The summed E-state index contributed by atoms with van der Waals surface area (Å²) in [6.45, 7) is 13.1. The Morgan fingerprint density at radius 1 is 0.660 bits per heavy atom. The molecule has 0 spiro atoms. The van der Waals surface area contributed by atoms with Crippen LogP contribution in [0.1, 0.15) is 76.6 Å². The van der Waals surface area contributed by atoms with Gasteiger partial charge in [0.15, 0.2) is 0 Å². The fraction of sp³-hybridized carbons (Fsp3) is 0.273. The molecule has 2 aliphatic rings. The Hall–Kier alpha value is -2.56. The van der Waals surface area contributed by atoms with Gasteiger partial charge in [0.05, 0.1) is 0 Å². The third kappa shape index (κ3) is 4.97. The van der Waals surface area contributed by atoms with Crippen LogP contribution in [0.4, 0.5) is 0 Å². The SMILES string of the molecule is CC1=Cc2c(-c3cccc4ccccc34)cccc2[CH]1[Zr]([CH3])([CH3])([Cl])([Cl])([CH]1C(C(C)C)=Cc2c(-c3ccc(C(C)(C)C)cc3)cccc21)[SiH](O)O. The maximum absolute atomic E-state index is 12.3. The molecule has 0 heterocycles. The van der Waals surface area contributed by atoms with Gasteiger partial charge in [-0.25, -0.2) is 0 Å². The first-order valence-electron chi connectivity index (χ1n) is 17.9. The van der Waals surface area contributed by atoms with Crippen molar-refractivity contribution >= 4 is 46.4 Å². The van der Waals surface area contributed by atoms with E-state index in [0.29, 0.717) is 0 Å². The fourth-order valence-electron chi connectivity index (χ4n) is 9.80. The molecule has 0 saturated heterocycles. The van der Waals surface area contributed by atoms with E-state index in [1.54, 1.807) is 0 Å². The zero-order chi connectivity index (χ0) is 36.1. The predicted molar refractivity (Wildman–Crippen MR) is 217 cm³/mol. The van der Waals surface area contributed by atoms with Crippen LogP contribution in [-0.4, -0.2) is 16.0 Å². The zero-order valence-corrected chi connectivity index (χ0v) is 35.6. The molecule has 0 radical (unpaired) electrons. The van der Waals surface area contributed by atoms with Crippen LogP contribution in [-0.2, 0) is 18.0 Å². The molecule has 2 aliphatic carbocycles.